The second kappa shape index (κ2) is 9.73. The molecule has 30 heavy (non-hydrogen) atoms. The van der Waals surface area contributed by atoms with Crippen LogP contribution in [0.2, 0.25) is 0 Å². The van der Waals surface area contributed by atoms with Gasteiger partial charge in [0.05, 0.1) is 25.4 Å². The lowest BCUT2D eigenvalue weighted by Crippen LogP contribution is -2.48. The minimum atomic E-state index is -0.415. The smallest absolute Gasteiger partial charge is 0.341 e. The Balaban J connectivity index is 1.86. The highest BCUT2D eigenvalue weighted by Crippen LogP contribution is 2.40. The second-order valence-electron chi connectivity index (χ2n) is 7.82. The number of hydrogen-bond acceptors (Lipinski definition) is 6. The van der Waals surface area contributed by atoms with Gasteiger partial charge >= 0.3 is 5.97 Å². The van der Waals surface area contributed by atoms with Crippen LogP contribution in [-0.2, 0) is 14.3 Å². The Kier molecular flexibility index (Phi) is 7.28. The summed E-state index contributed by atoms with van der Waals surface area (Å²) in [5.41, 5.74) is 3.34. The summed E-state index contributed by atoms with van der Waals surface area (Å²) in [5.74, 6) is -0.556. The van der Waals surface area contributed by atoms with Crippen molar-refractivity contribution in [1.29, 1.82) is 0 Å². The summed E-state index contributed by atoms with van der Waals surface area (Å²) in [5, 5.41) is 3.51. The van der Waals surface area contributed by atoms with Crippen molar-refractivity contribution in [3.8, 4) is 11.1 Å². The molecule has 0 bridgehead atoms. The molecule has 1 N–H and O–H groups in total. The second-order valence-corrected chi connectivity index (χ2v) is 9.05. The van der Waals surface area contributed by atoms with E-state index in [1.165, 1.54) is 11.3 Å². The number of esters is 1. The summed E-state index contributed by atoms with van der Waals surface area (Å²) in [6.45, 7) is 11.7. The van der Waals surface area contributed by atoms with Crippen molar-refractivity contribution < 1.29 is 19.1 Å². The molecule has 2 aromatic rings. The van der Waals surface area contributed by atoms with E-state index in [4.69, 9.17) is 9.47 Å². The number of nitrogens with one attached hydrogen (secondary N) is 1. The predicted octanol–water partition coefficient (Wildman–Crippen LogP) is 4.26. The lowest BCUT2D eigenvalue weighted by atomic mass is 10.0. The van der Waals surface area contributed by atoms with Crippen LogP contribution in [0.25, 0.3) is 11.1 Å². The van der Waals surface area contributed by atoms with E-state index in [0.717, 1.165) is 21.6 Å². The maximum Gasteiger partial charge on any atom is 0.341 e. The Morgan fingerprint density at radius 2 is 1.80 bits per heavy atom. The van der Waals surface area contributed by atoms with E-state index in [0.29, 0.717) is 23.7 Å². The van der Waals surface area contributed by atoms with Crippen LogP contribution >= 0.6 is 11.3 Å². The largest absolute Gasteiger partial charge is 0.462 e. The first-order valence-electron chi connectivity index (χ1n) is 10.3. The minimum Gasteiger partial charge on any atom is -0.462 e. The summed E-state index contributed by atoms with van der Waals surface area (Å²) in [6.07, 6.45) is 0.183. The van der Waals surface area contributed by atoms with Crippen molar-refractivity contribution in [1.82, 2.24) is 4.90 Å². The Hall–Kier alpha value is -2.22. The number of carbonyl (C=O) groups is 2. The number of thiophene rings is 1. The Labute approximate surface area is 182 Å². The first kappa shape index (κ1) is 22.5. The van der Waals surface area contributed by atoms with E-state index in [1.54, 1.807) is 6.92 Å². The van der Waals surface area contributed by atoms with Crippen LogP contribution < -0.4 is 5.32 Å². The first-order chi connectivity index (χ1) is 14.3. The van der Waals surface area contributed by atoms with Gasteiger partial charge in [0, 0.05) is 23.5 Å². The molecule has 7 heteroatoms. The number of rotatable bonds is 6. The van der Waals surface area contributed by atoms with Gasteiger partial charge in [-0.3, -0.25) is 9.69 Å². The fourth-order valence-corrected chi connectivity index (χ4v) is 4.96. The van der Waals surface area contributed by atoms with Gasteiger partial charge < -0.3 is 14.8 Å². The summed E-state index contributed by atoms with van der Waals surface area (Å²) >= 11 is 1.41. The molecule has 1 aromatic carbocycles. The van der Waals surface area contributed by atoms with Crippen LogP contribution in [-0.4, -0.2) is 55.2 Å². The van der Waals surface area contributed by atoms with E-state index in [2.05, 4.69) is 10.2 Å². The Morgan fingerprint density at radius 3 is 2.40 bits per heavy atom. The lowest BCUT2D eigenvalue weighted by Gasteiger charge is -2.34. The van der Waals surface area contributed by atoms with Crippen LogP contribution in [0.15, 0.2) is 24.3 Å². The van der Waals surface area contributed by atoms with Crippen LogP contribution in [0.3, 0.4) is 0 Å². The van der Waals surface area contributed by atoms with E-state index in [-0.39, 0.29) is 31.3 Å². The number of nitrogens with zero attached hydrogens (tertiary/aromatic N) is 1. The van der Waals surface area contributed by atoms with Crippen molar-refractivity contribution in [2.75, 3.05) is 31.6 Å². The molecule has 0 aliphatic carbocycles. The maximum absolute atomic E-state index is 12.8. The summed E-state index contributed by atoms with van der Waals surface area (Å²) in [4.78, 5) is 28.6. The maximum atomic E-state index is 12.8. The van der Waals surface area contributed by atoms with Gasteiger partial charge in [0.15, 0.2) is 0 Å². The van der Waals surface area contributed by atoms with Gasteiger partial charge in [-0.2, -0.15) is 0 Å². The minimum absolute atomic E-state index is 0.0914. The third-order valence-corrected chi connectivity index (χ3v) is 6.04. The highest BCUT2D eigenvalue weighted by molar-refractivity contribution is 7.17. The topological polar surface area (TPSA) is 67.9 Å². The molecule has 1 fully saturated rings. The molecule has 1 aliphatic rings. The molecule has 0 unspecified atom stereocenters. The number of carbonyl (C=O) groups excluding carboxylic acids is 2. The molecule has 0 radical (unpaired) electrons. The molecule has 162 valence electrons. The van der Waals surface area contributed by atoms with Crippen molar-refractivity contribution in [2.45, 2.75) is 46.8 Å². The average Bonchev–Trinajstić information content (AvgIpc) is 2.97. The highest BCUT2D eigenvalue weighted by atomic mass is 32.1. The van der Waals surface area contributed by atoms with Gasteiger partial charge in [-0.25, -0.2) is 4.79 Å². The molecule has 2 atom stereocenters. The SMILES string of the molecule is CCOC(=O)c1c(NC(=O)CN2C[C@H](C)O[C@@H](C)C2)sc(C)c1-c1ccc(C)cc1. The Morgan fingerprint density at radius 1 is 1.17 bits per heavy atom. The molecule has 1 amide bonds. The fourth-order valence-electron chi connectivity index (χ4n) is 3.88. The van der Waals surface area contributed by atoms with Crippen molar-refractivity contribution in [3.63, 3.8) is 0 Å². The molecule has 3 rings (SSSR count). The molecular weight excluding hydrogens is 400 g/mol. The molecule has 6 nitrogen and oxygen atoms in total. The molecule has 0 spiro atoms. The van der Waals surface area contributed by atoms with Gasteiger partial charge in [-0.05, 0) is 40.2 Å². The number of anilines is 1. The zero-order valence-electron chi connectivity index (χ0n) is 18.3. The average molecular weight is 431 g/mol. The first-order valence-corrected chi connectivity index (χ1v) is 11.1. The quantitative estimate of drug-likeness (QED) is 0.694. The van der Waals surface area contributed by atoms with Gasteiger partial charge in [-0.1, -0.05) is 29.8 Å². The third kappa shape index (κ3) is 5.28. The zero-order valence-corrected chi connectivity index (χ0v) is 19.1. The highest BCUT2D eigenvalue weighted by Gasteiger charge is 2.27. The number of morpholine rings is 1. The third-order valence-electron chi connectivity index (χ3n) is 5.02. The molecule has 1 aromatic heterocycles. The predicted molar refractivity (Wildman–Crippen MR) is 120 cm³/mol. The molecular formula is C23H30N2O4S. The van der Waals surface area contributed by atoms with Gasteiger partial charge in [0.1, 0.15) is 10.6 Å². The number of hydrogen-bond donors (Lipinski definition) is 1. The molecule has 0 saturated carbocycles. The van der Waals surface area contributed by atoms with E-state index < -0.39 is 5.97 Å². The molecule has 2 heterocycles. The standard InChI is InChI=1S/C23H30N2O4S/c1-6-28-23(27)21-20(18-9-7-14(2)8-10-18)17(5)30-22(21)24-19(26)13-25-11-15(3)29-16(4)12-25/h7-10,15-16H,6,11-13H2,1-5H3,(H,24,26)/t15-,16-/m0/s1. The van der Waals surface area contributed by atoms with E-state index in [9.17, 15) is 9.59 Å². The number of benzene rings is 1. The van der Waals surface area contributed by atoms with Gasteiger partial charge in [0.2, 0.25) is 5.91 Å². The van der Waals surface area contributed by atoms with Gasteiger partial charge in [0.25, 0.3) is 0 Å². The zero-order chi connectivity index (χ0) is 21.8. The van der Waals surface area contributed by atoms with E-state index in [1.807, 2.05) is 52.0 Å². The van der Waals surface area contributed by atoms with Crippen LogP contribution in [0.4, 0.5) is 5.00 Å². The number of ether oxygens (including phenoxy) is 2. The Bertz CT molecular complexity index is 897. The van der Waals surface area contributed by atoms with Gasteiger partial charge in [-0.15, -0.1) is 11.3 Å². The normalized spacial score (nSPS) is 19.5. The van der Waals surface area contributed by atoms with Crippen LogP contribution in [0.5, 0.6) is 0 Å². The summed E-state index contributed by atoms with van der Waals surface area (Å²) < 4.78 is 11.1. The molecule has 1 saturated heterocycles. The monoisotopic (exact) mass is 430 g/mol. The van der Waals surface area contributed by atoms with Crippen molar-refractivity contribution in [2.24, 2.45) is 0 Å². The van der Waals surface area contributed by atoms with Crippen molar-refractivity contribution in [3.05, 3.63) is 40.3 Å². The number of amides is 1. The number of aryl methyl sites for hydroxylation is 2. The molecule has 1 aliphatic heterocycles. The van der Waals surface area contributed by atoms with E-state index >= 15 is 0 Å². The summed E-state index contributed by atoms with van der Waals surface area (Å²) in [6, 6.07) is 8.02. The summed E-state index contributed by atoms with van der Waals surface area (Å²) in [7, 11) is 0. The van der Waals surface area contributed by atoms with Crippen molar-refractivity contribution >= 4 is 28.2 Å². The fraction of sp³-hybridized carbons (Fsp3) is 0.478. The lowest BCUT2D eigenvalue weighted by molar-refractivity contribution is -0.121. The van der Waals surface area contributed by atoms with Crippen LogP contribution in [0.1, 0.15) is 41.6 Å². The van der Waals surface area contributed by atoms with Crippen LogP contribution in [0, 0.1) is 13.8 Å².